The van der Waals surface area contributed by atoms with Gasteiger partial charge in [-0.25, -0.2) is 9.97 Å². The Hall–Kier alpha value is -1.10. The van der Waals surface area contributed by atoms with Crippen LogP contribution in [0, 0.1) is 0 Å². The molecule has 0 aliphatic heterocycles. The van der Waals surface area contributed by atoms with Gasteiger partial charge in [-0.05, 0) is 30.7 Å². The van der Waals surface area contributed by atoms with Gasteiger partial charge in [0.25, 0.3) is 0 Å². The molecule has 2 aromatic rings. The summed E-state index contributed by atoms with van der Waals surface area (Å²) in [4.78, 5) is 9.98. The van der Waals surface area contributed by atoms with Crippen molar-refractivity contribution in [3.8, 4) is 0 Å². The van der Waals surface area contributed by atoms with Gasteiger partial charge in [0.2, 0.25) is 0 Å². The highest BCUT2D eigenvalue weighted by Gasteiger charge is 2.05. The molecule has 0 aliphatic carbocycles. The standard InChI is InChI=1S/C15H18ClN3S/c1-2-12(17)9-13-6-7-18-15(19-13)10-20-14-5-3-4-11(16)8-14/h3-8,12H,2,9-10,17H2,1H3. The summed E-state index contributed by atoms with van der Waals surface area (Å²) in [6.07, 6.45) is 3.56. The molecule has 2 N–H and O–H groups in total. The zero-order chi connectivity index (χ0) is 14.4. The number of thioether (sulfide) groups is 1. The van der Waals surface area contributed by atoms with Crippen LogP contribution < -0.4 is 5.73 Å². The third kappa shape index (κ3) is 4.78. The van der Waals surface area contributed by atoms with E-state index in [1.54, 1.807) is 18.0 Å². The highest BCUT2D eigenvalue weighted by molar-refractivity contribution is 7.98. The number of nitrogens with two attached hydrogens (primary N) is 1. The smallest absolute Gasteiger partial charge is 0.138 e. The van der Waals surface area contributed by atoms with Gasteiger partial charge in [-0.15, -0.1) is 11.8 Å². The lowest BCUT2D eigenvalue weighted by Gasteiger charge is -2.08. The minimum absolute atomic E-state index is 0.165. The first-order valence-corrected chi connectivity index (χ1v) is 7.98. The van der Waals surface area contributed by atoms with Gasteiger partial charge in [-0.2, -0.15) is 0 Å². The molecule has 2 rings (SSSR count). The SMILES string of the molecule is CCC(N)Cc1ccnc(CSc2cccc(Cl)c2)n1. The molecule has 0 amide bonds. The summed E-state index contributed by atoms with van der Waals surface area (Å²) in [6.45, 7) is 2.09. The minimum atomic E-state index is 0.165. The number of hydrogen-bond acceptors (Lipinski definition) is 4. The normalized spacial score (nSPS) is 12.3. The molecule has 106 valence electrons. The van der Waals surface area contributed by atoms with E-state index in [-0.39, 0.29) is 6.04 Å². The van der Waals surface area contributed by atoms with Crippen LogP contribution in [0.15, 0.2) is 41.4 Å². The van der Waals surface area contributed by atoms with E-state index >= 15 is 0 Å². The topological polar surface area (TPSA) is 51.8 Å². The third-order valence-electron chi connectivity index (χ3n) is 2.92. The molecule has 1 atom stereocenters. The van der Waals surface area contributed by atoms with E-state index < -0.39 is 0 Å². The fraction of sp³-hybridized carbons (Fsp3) is 0.333. The van der Waals surface area contributed by atoms with Gasteiger partial charge in [0.05, 0.1) is 5.75 Å². The van der Waals surface area contributed by atoms with Crippen molar-refractivity contribution in [3.63, 3.8) is 0 Å². The molecule has 0 spiro atoms. The summed E-state index contributed by atoms with van der Waals surface area (Å²) in [5.41, 5.74) is 6.97. The zero-order valence-corrected chi connectivity index (χ0v) is 13.0. The largest absolute Gasteiger partial charge is 0.327 e. The summed E-state index contributed by atoms with van der Waals surface area (Å²) < 4.78 is 0. The van der Waals surface area contributed by atoms with Gasteiger partial charge in [-0.1, -0.05) is 24.6 Å². The Morgan fingerprint density at radius 3 is 2.95 bits per heavy atom. The molecule has 0 radical (unpaired) electrons. The fourth-order valence-corrected chi connectivity index (χ4v) is 2.82. The van der Waals surface area contributed by atoms with E-state index in [9.17, 15) is 0 Å². The van der Waals surface area contributed by atoms with Crippen molar-refractivity contribution < 1.29 is 0 Å². The highest BCUT2D eigenvalue weighted by Crippen LogP contribution is 2.24. The van der Waals surface area contributed by atoms with Crippen LogP contribution in [-0.4, -0.2) is 16.0 Å². The van der Waals surface area contributed by atoms with Crippen LogP contribution in [0.5, 0.6) is 0 Å². The molecule has 1 aromatic heterocycles. The van der Waals surface area contributed by atoms with Gasteiger partial charge in [-0.3, -0.25) is 0 Å². The van der Waals surface area contributed by atoms with Crippen molar-refractivity contribution in [1.82, 2.24) is 9.97 Å². The molecule has 0 aliphatic rings. The van der Waals surface area contributed by atoms with E-state index in [1.807, 2.05) is 30.3 Å². The monoisotopic (exact) mass is 307 g/mol. The van der Waals surface area contributed by atoms with Gasteiger partial charge >= 0.3 is 0 Å². The van der Waals surface area contributed by atoms with Crippen molar-refractivity contribution in [2.45, 2.75) is 36.5 Å². The van der Waals surface area contributed by atoms with Crippen LogP contribution in [0.2, 0.25) is 5.02 Å². The third-order valence-corrected chi connectivity index (χ3v) is 4.15. The molecule has 1 heterocycles. The highest BCUT2D eigenvalue weighted by atomic mass is 35.5. The maximum atomic E-state index is 5.97. The van der Waals surface area contributed by atoms with Crippen LogP contribution in [0.25, 0.3) is 0 Å². The van der Waals surface area contributed by atoms with Gasteiger partial charge in [0.15, 0.2) is 0 Å². The summed E-state index contributed by atoms with van der Waals surface area (Å²) in [6, 6.07) is 9.90. The second-order valence-electron chi connectivity index (χ2n) is 4.58. The summed E-state index contributed by atoms with van der Waals surface area (Å²) in [5, 5.41) is 0.749. The first-order chi connectivity index (χ1) is 9.67. The number of aromatic nitrogens is 2. The van der Waals surface area contributed by atoms with Crippen LogP contribution >= 0.6 is 23.4 Å². The minimum Gasteiger partial charge on any atom is -0.327 e. The van der Waals surface area contributed by atoms with E-state index in [1.165, 1.54) is 0 Å². The molecule has 0 saturated carbocycles. The fourth-order valence-electron chi connectivity index (χ4n) is 1.74. The lowest BCUT2D eigenvalue weighted by atomic mass is 10.1. The van der Waals surface area contributed by atoms with Crippen LogP contribution in [0.1, 0.15) is 24.9 Å². The second kappa shape index (κ2) is 7.62. The van der Waals surface area contributed by atoms with Crippen LogP contribution in [0.4, 0.5) is 0 Å². The lowest BCUT2D eigenvalue weighted by molar-refractivity contribution is 0.634. The molecule has 0 bridgehead atoms. The molecule has 0 saturated heterocycles. The molecule has 1 unspecified atom stereocenters. The summed E-state index contributed by atoms with van der Waals surface area (Å²) in [5.74, 6) is 1.56. The Bertz CT molecular complexity index is 562. The maximum Gasteiger partial charge on any atom is 0.138 e. The lowest BCUT2D eigenvalue weighted by Crippen LogP contribution is -2.22. The molecule has 0 fully saturated rings. The molecular formula is C15H18ClN3S. The number of halogens is 1. The number of benzene rings is 1. The molecule has 3 nitrogen and oxygen atoms in total. The second-order valence-corrected chi connectivity index (χ2v) is 6.07. The Morgan fingerprint density at radius 1 is 1.35 bits per heavy atom. The Kier molecular flexibility index (Phi) is 5.83. The predicted molar refractivity (Wildman–Crippen MR) is 85.0 cm³/mol. The van der Waals surface area contributed by atoms with Crippen molar-refractivity contribution in [3.05, 3.63) is 53.1 Å². The van der Waals surface area contributed by atoms with Gasteiger partial charge < -0.3 is 5.73 Å². The van der Waals surface area contributed by atoms with Crippen molar-refractivity contribution in [2.24, 2.45) is 5.73 Å². The molecule has 5 heteroatoms. The summed E-state index contributed by atoms with van der Waals surface area (Å²) in [7, 11) is 0. The van der Waals surface area contributed by atoms with Crippen LogP contribution in [-0.2, 0) is 12.2 Å². The Labute approximate surface area is 129 Å². The maximum absolute atomic E-state index is 5.97. The molecule has 20 heavy (non-hydrogen) atoms. The first kappa shape index (κ1) is 15.3. The quantitative estimate of drug-likeness (QED) is 0.827. The predicted octanol–water partition coefficient (Wildman–Crippen LogP) is 3.70. The van der Waals surface area contributed by atoms with Crippen molar-refractivity contribution in [2.75, 3.05) is 0 Å². The average molecular weight is 308 g/mol. The molecule has 1 aromatic carbocycles. The number of hydrogen-bond donors (Lipinski definition) is 1. The molecular weight excluding hydrogens is 290 g/mol. The van der Waals surface area contributed by atoms with E-state index in [0.717, 1.165) is 40.0 Å². The van der Waals surface area contributed by atoms with E-state index in [0.29, 0.717) is 0 Å². The Morgan fingerprint density at radius 2 is 2.20 bits per heavy atom. The number of nitrogens with zero attached hydrogens (tertiary/aromatic N) is 2. The summed E-state index contributed by atoms with van der Waals surface area (Å²) >= 11 is 7.65. The van der Waals surface area contributed by atoms with Crippen molar-refractivity contribution in [1.29, 1.82) is 0 Å². The van der Waals surface area contributed by atoms with Crippen molar-refractivity contribution >= 4 is 23.4 Å². The van der Waals surface area contributed by atoms with Crippen LogP contribution in [0.3, 0.4) is 0 Å². The Balaban J connectivity index is 1.97. The average Bonchev–Trinajstić information content (AvgIpc) is 2.45. The van der Waals surface area contributed by atoms with E-state index in [2.05, 4.69) is 16.9 Å². The van der Waals surface area contributed by atoms with Gasteiger partial charge in [0, 0.05) is 34.3 Å². The zero-order valence-electron chi connectivity index (χ0n) is 11.4. The first-order valence-electron chi connectivity index (χ1n) is 6.62. The van der Waals surface area contributed by atoms with E-state index in [4.69, 9.17) is 17.3 Å². The number of rotatable bonds is 6. The van der Waals surface area contributed by atoms with Gasteiger partial charge in [0.1, 0.15) is 5.82 Å².